The van der Waals surface area contributed by atoms with Crippen molar-refractivity contribution in [2.45, 2.75) is 19.8 Å². The number of allylic oxidation sites excluding steroid dienone is 2. The summed E-state index contributed by atoms with van der Waals surface area (Å²) in [6.45, 7) is 3.54. The summed E-state index contributed by atoms with van der Waals surface area (Å²) in [5, 5.41) is 14.0. The summed E-state index contributed by atoms with van der Waals surface area (Å²) in [6, 6.07) is 3.35. The highest BCUT2D eigenvalue weighted by Crippen LogP contribution is 2.20. The van der Waals surface area contributed by atoms with Gasteiger partial charge in [-0.15, -0.1) is 11.3 Å². The Hall–Kier alpha value is -3.44. The first-order valence-electron chi connectivity index (χ1n) is 10.1. The molecule has 0 aliphatic carbocycles. The minimum atomic E-state index is -0.517. The fourth-order valence-electron chi connectivity index (χ4n) is 2.93. The van der Waals surface area contributed by atoms with Crippen LogP contribution in [0.25, 0.3) is 0 Å². The Kier molecular flexibility index (Phi) is 8.39. The maximum absolute atomic E-state index is 12.8. The van der Waals surface area contributed by atoms with Gasteiger partial charge in [-0.25, -0.2) is 9.97 Å². The second-order valence-corrected chi connectivity index (χ2v) is 8.62. The number of anilines is 1. The summed E-state index contributed by atoms with van der Waals surface area (Å²) in [5.41, 5.74) is 6.21. The van der Waals surface area contributed by atoms with E-state index in [0.29, 0.717) is 54.1 Å². The third kappa shape index (κ3) is 6.77. The molecule has 0 spiro atoms. The van der Waals surface area contributed by atoms with Crippen LogP contribution in [0.4, 0.5) is 5.82 Å². The van der Waals surface area contributed by atoms with Crippen LogP contribution in [0.3, 0.4) is 0 Å². The largest absolute Gasteiger partial charge is 0.463 e. The molecule has 3 heterocycles. The molecule has 2 aromatic heterocycles. The van der Waals surface area contributed by atoms with Crippen molar-refractivity contribution in [1.29, 1.82) is 5.41 Å². The van der Waals surface area contributed by atoms with E-state index in [1.54, 1.807) is 19.1 Å². The van der Waals surface area contributed by atoms with Gasteiger partial charge in [-0.2, -0.15) is 0 Å². The fraction of sp³-hybridized carbons (Fsp3) is 0.286. The monoisotopic (exact) mass is 489 g/mol. The highest BCUT2D eigenvalue weighted by atomic mass is 35.5. The summed E-state index contributed by atoms with van der Waals surface area (Å²) in [7, 11) is 0. The van der Waals surface area contributed by atoms with E-state index in [4.69, 9.17) is 27.5 Å². The van der Waals surface area contributed by atoms with E-state index in [1.165, 1.54) is 12.4 Å². The van der Waals surface area contributed by atoms with Crippen molar-refractivity contribution >= 4 is 46.6 Å². The average Bonchev–Trinajstić information content (AvgIpc) is 3.39. The van der Waals surface area contributed by atoms with Gasteiger partial charge in [0.2, 0.25) is 0 Å². The zero-order valence-electron chi connectivity index (χ0n) is 17.9. The van der Waals surface area contributed by atoms with Crippen molar-refractivity contribution in [1.82, 2.24) is 20.2 Å². The number of aryl methyl sites for hydroxylation is 1. The minimum Gasteiger partial charge on any atom is -0.463 e. The molecule has 174 valence electrons. The van der Waals surface area contributed by atoms with Crippen LogP contribution in [0.15, 0.2) is 42.4 Å². The van der Waals surface area contributed by atoms with E-state index in [2.05, 4.69) is 20.6 Å². The normalized spacial score (nSPS) is 13.9. The van der Waals surface area contributed by atoms with Gasteiger partial charge in [0.1, 0.15) is 17.3 Å². The second-order valence-electron chi connectivity index (χ2n) is 6.98. The van der Waals surface area contributed by atoms with Crippen LogP contribution < -0.4 is 16.4 Å². The topological polar surface area (TPSA) is 146 Å². The molecule has 3 rings (SSSR count). The quantitative estimate of drug-likeness (QED) is 0.396. The Morgan fingerprint density at radius 1 is 1.36 bits per heavy atom. The van der Waals surface area contributed by atoms with Gasteiger partial charge in [-0.1, -0.05) is 23.8 Å². The van der Waals surface area contributed by atoms with E-state index >= 15 is 0 Å². The molecule has 10 nitrogen and oxygen atoms in total. The number of nitrogens with two attached hydrogens (primary N) is 1. The van der Waals surface area contributed by atoms with E-state index in [-0.39, 0.29) is 16.6 Å². The van der Waals surface area contributed by atoms with Gasteiger partial charge >= 0.3 is 0 Å². The lowest BCUT2D eigenvalue weighted by atomic mass is 10.2. The Labute approximate surface area is 200 Å². The third-order valence-electron chi connectivity index (χ3n) is 4.56. The molecule has 0 bridgehead atoms. The summed E-state index contributed by atoms with van der Waals surface area (Å²) in [6.07, 6.45) is 7.76. The highest BCUT2D eigenvalue weighted by molar-refractivity contribution is 7.14. The lowest BCUT2D eigenvalue weighted by Gasteiger charge is -2.11. The summed E-state index contributed by atoms with van der Waals surface area (Å²) in [5.74, 6) is -0.693. The number of nitrogens with zero attached hydrogens (tertiary/aromatic N) is 3. The predicted molar refractivity (Wildman–Crippen MR) is 127 cm³/mol. The lowest BCUT2D eigenvalue weighted by molar-refractivity contribution is 0.0946. The summed E-state index contributed by atoms with van der Waals surface area (Å²) < 4.78 is 5.09. The molecule has 0 unspecified atom stereocenters. The number of aromatic nitrogens is 2. The molecule has 1 saturated heterocycles. The van der Waals surface area contributed by atoms with Gasteiger partial charge in [0.05, 0.1) is 16.6 Å². The van der Waals surface area contributed by atoms with E-state index in [0.717, 1.165) is 11.3 Å². The number of pyridine rings is 1. The van der Waals surface area contributed by atoms with Crippen molar-refractivity contribution in [2.24, 2.45) is 5.73 Å². The number of carbonyl (C=O) groups excluding carboxylic acids is 2. The Bertz CT molecular complexity index is 1080. The maximum Gasteiger partial charge on any atom is 0.284 e. The SMILES string of the molecule is Cc1nc(C(=O)N/C(=C/N)CC/C=C\CN2CCOC2=N)c(C(=O)Nc2ccc(Cl)cn2)s1. The first-order valence-corrected chi connectivity index (χ1v) is 11.3. The Morgan fingerprint density at radius 2 is 2.18 bits per heavy atom. The van der Waals surface area contributed by atoms with Crippen LogP contribution in [0.2, 0.25) is 5.02 Å². The van der Waals surface area contributed by atoms with Crippen molar-refractivity contribution in [2.75, 3.05) is 25.0 Å². The first kappa shape index (κ1) is 24.2. The fourth-order valence-corrected chi connectivity index (χ4v) is 3.85. The molecule has 1 aliphatic rings. The van der Waals surface area contributed by atoms with Crippen LogP contribution >= 0.6 is 22.9 Å². The first-order chi connectivity index (χ1) is 15.9. The van der Waals surface area contributed by atoms with Gasteiger partial charge < -0.3 is 26.0 Å². The molecular weight excluding hydrogens is 466 g/mol. The van der Waals surface area contributed by atoms with Crippen molar-refractivity contribution < 1.29 is 14.3 Å². The summed E-state index contributed by atoms with van der Waals surface area (Å²) >= 11 is 6.93. The van der Waals surface area contributed by atoms with Gasteiger partial charge in [-0.3, -0.25) is 15.0 Å². The number of ether oxygens (including phenoxy) is 1. The molecule has 2 aromatic rings. The van der Waals surface area contributed by atoms with Crippen LogP contribution in [-0.4, -0.2) is 52.4 Å². The Morgan fingerprint density at radius 3 is 2.85 bits per heavy atom. The molecule has 0 radical (unpaired) electrons. The zero-order valence-corrected chi connectivity index (χ0v) is 19.5. The number of hydrogen-bond donors (Lipinski definition) is 4. The molecule has 1 fully saturated rings. The Balaban J connectivity index is 1.56. The molecule has 0 aromatic carbocycles. The van der Waals surface area contributed by atoms with Crippen molar-refractivity contribution in [3.8, 4) is 0 Å². The van der Waals surface area contributed by atoms with Gasteiger partial charge in [0.15, 0.2) is 5.69 Å². The standard InChI is InChI=1S/C21H24ClN7O3S/c1-13-26-17(18(33-13)20(31)28-16-7-6-14(22)12-25-16)19(30)27-15(11-23)5-3-2-4-8-29-9-10-32-21(29)24/h2,4,6-7,11-12,24H,3,5,8-10,23H2,1H3,(H,27,30)(H,25,28,31)/b4-2-,15-11+,24-21?. The van der Waals surface area contributed by atoms with Crippen molar-refractivity contribution in [3.63, 3.8) is 0 Å². The number of carbonyl (C=O) groups is 2. The number of thiazole rings is 1. The highest BCUT2D eigenvalue weighted by Gasteiger charge is 2.23. The maximum atomic E-state index is 12.8. The third-order valence-corrected chi connectivity index (χ3v) is 5.75. The molecule has 1 aliphatic heterocycles. The average molecular weight is 490 g/mol. The number of nitrogens with one attached hydrogen (secondary N) is 3. The van der Waals surface area contributed by atoms with Crippen LogP contribution in [0, 0.1) is 12.3 Å². The minimum absolute atomic E-state index is 0.0198. The molecule has 12 heteroatoms. The number of rotatable bonds is 9. The van der Waals surface area contributed by atoms with E-state index < -0.39 is 11.8 Å². The lowest BCUT2D eigenvalue weighted by Crippen LogP contribution is -2.26. The van der Waals surface area contributed by atoms with E-state index in [1.807, 2.05) is 17.1 Å². The number of amides is 2. The molecule has 33 heavy (non-hydrogen) atoms. The van der Waals surface area contributed by atoms with Gasteiger partial charge in [0.25, 0.3) is 17.8 Å². The molecule has 2 amide bonds. The van der Waals surface area contributed by atoms with Gasteiger partial charge in [-0.05, 0) is 31.9 Å². The summed E-state index contributed by atoms with van der Waals surface area (Å²) in [4.78, 5) is 35.7. The van der Waals surface area contributed by atoms with Crippen LogP contribution in [0.1, 0.15) is 38.0 Å². The molecule has 0 atom stereocenters. The smallest absolute Gasteiger partial charge is 0.284 e. The predicted octanol–water partition coefficient (Wildman–Crippen LogP) is 2.89. The van der Waals surface area contributed by atoms with Crippen LogP contribution in [-0.2, 0) is 4.74 Å². The second kappa shape index (κ2) is 11.4. The number of halogens is 1. The van der Waals surface area contributed by atoms with Crippen LogP contribution in [0.5, 0.6) is 0 Å². The zero-order chi connectivity index (χ0) is 23.8. The van der Waals surface area contributed by atoms with Gasteiger partial charge in [0, 0.05) is 24.6 Å². The molecular formula is C21H24ClN7O3S. The molecule has 5 N–H and O–H groups in total. The van der Waals surface area contributed by atoms with Crippen molar-refractivity contribution in [3.05, 3.63) is 63.0 Å². The van der Waals surface area contributed by atoms with E-state index in [9.17, 15) is 9.59 Å². The number of hydrogen-bond acceptors (Lipinski definition) is 8. The molecule has 0 saturated carbocycles. The number of amidine groups is 1.